The van der Waals surface area contributed by atoms with Crippen LogP contribution in [0.4, 0.5) is 0 Å². The summed E-state index contributed by atoms with van der Waals surface area (Å²) in [6.07, 6.45) is 0. The number of aryl methyl sites for hydroxylation is 2. The Morgan fingerprint density at radius 3 is 1.88 bits per heavy atom. The summed E-state index contributed by atoms with van der Waals surface area (Å²) in [5, 5.41) is 0. The molecule has 0 N–H and O–H groups in total. The van der Waals surface area contributed by atoms with Crippen LogP contribution in [-0.4, -0.2) is 0 Å². The second-order valence-corrected chi connectivity index (χ2v) is 4.66. The fourth-order valence-corrected chi connectivity index (χ4v) is 2.02. The molecular formula is C17H24. The fourth-order valence-electron chi connectivity index (χ4n) is 2.02. The zero-order chi connectivity index (χ0) is 13.0. The van der Waals surface area contributed by atoms with Gasteiger partial charge in [0.05, 0.1) is 0 Å². The van der Waals surface area contributed by atoms with Crippen LogP contribution in [0.25, 0.3) is 11.1 Å². The molecule has 0 radical (unpaired) electrons. The van der Waals surface area contributed by atoms with Gasteiger partial charge in [-0.1, -0.05) is 58.0 Å². The van der Waals surface area contributed by atoms with Gasteiger partial charge in [-0.3, -0.25) is 0 Å². The first-order chi connectivity index (χ1) is 8.09. The Morgan fingerprint density at radius 2 is 1.29 bits per heavy atom. The summed E-state index contributed by atoms with van der Waals surface area (Å²) in [4.78, 5) is 0. The van der Waals surface area contributed by atoms with Gasteiger partial charge in [0.25, 0.3) is 0 Å². The number of hydrogen-bond acceptors (Lipinski definition) is 0. The van der Waals surface area contributed by atoms with Crippen LogP contribution in [0.1, 0.15) is 50.3 Å². The molecule has 0 fully saturated rings. The van der Waals surface area contributed by atoms with Crippen LogP contribution in [0.2, 0.25) is 0 Å². The smallest absolute Gasteiger partial charge is 0.0149 e. The average Bonchev–Trinajstić information content (AvgIpc) is 2.58. The maximum atomic E-state index is 2.34. The Labute approximate surface area is 106 Å². The van der Waals surface area contributed by atoms with Gasteiger partial charge >= 0.3 is 0 Å². The van der Waals surface area contributed by atoms with Gasteiger partial charge in [-0.15, -0.1) is 0 Å². The zero-order valence-corrected chi connectivity index (χ0v) is 12.0. The van der Waals surface area contributed by atoms with Crippen LogP contribution in [0.5, 0.6) is 0 Å². The first-order valence-electron chi connectivity index (χ1n) is 6.59. The van der Waals surface area contributed by atoms with E-state index in [1.54, 1.807) is 0 Å². The van der Waals surface area contributed by atoms with Crippen LogP contribution in [0, 0.1) is 13.8 Å². The second kappa shape index (κ2) is 5.86. The molecule has 0 saturated heterocycles. The summed E-state index contributed by atoms with van der Waals surface area (Å²) in [5.74, 6) is 0.592. The van der Waals surface area contributed by atoms with Crippen molar-refractivity contribution in [3.63, 3.8) is 0 Å². The van der Waals surface area contributed by atoms with E-state index in [9.17, 15) is 0 Å². The molecule has 0 bridgehead atoms. The van der Waals surface area contributed by atoms with E-state index in [1.165, 1.54) is 27.8 Å². The maximum absolute atomic E-state index is 2.34. The normalized spacial score (nSPS) is 10.3. The van der Waals surface area contributed by atoms with E-state index < -0.39 is 0 Å². The predicted octanol–water partition coefficient (Wildman–Crippen LogP) is 5.56. The van der Waals surface area contributed by atoms with Crippen LogP contribution in [0.15, 0.2) is 30.3 Å². The van der Waals surface area contributed by atoms with Crippen molar-refractivity contribution >= 4 is 0 Å². The molecule has 2 aliphatic carbocycles. The first kappa shape index (κ1) is 13.8. The van der Waals surface area contributed by atoms with E-state index >= 15 is 0 Å². The summed E-state index contributed by atoms with van der Waals surface area (Å²) in [6, 6.07) is 11.3. The highest BCUT2D eigenvalue weighted by Gasteiger charge is 2.09. The molecule has 0 heteroatoms. The fraction of sp³-hybridized carbons (Fsp3) is 0.412. The second-order valence-electron chi connectivity index (χ2n) is 4.66. The highest BCUT2D eigenvalue weighted by atomic mass is 14.1. The molecule has 0 saturated carbocycles. The zero-order valence-electron chi connectivity index (χ0n) is 12.0. The van der Waals surface area contributed by atoms with Gasteiger partial charge in [-0.2, -0.15) is 0 Å². The van der Waals surface area contributed by atoms with Crippen molar-refractivity contribution in [1.82, 2.24) is 0 Å². The summed E-state index contributed by atoms with van der Waals surface area (Å²) >= 11 is 0. The molecule has 2 rings (SSSR count). The molecule has 0 aromatic heterocycles. The van der Waals surface area contributed by atoms with Crippen molar-refractivity contribution in [2.24, 2.45) is 0 Å². The standard InChI is InChI=1S/C15H18.C2H6/c1-10(2)13-7-5-11(3)14-8-6-12(4)15(14)9-13;1-2/h5-10H,1-4H3;1-2H3. The van der Waals surface area contributed by atoms with Gasteiger partial charge in [0.1, 0.15) is 0 Å². The van der Waals surface area contributed by atoms with Gasteiger partial charge < -0.3 is 0 Å². The molecule has 0 unspecified atom stereocenters. The lowest BCUT2D eigenvalue weighted by Gasteiger charge is -2.03. The van der Waals surface area contributed by atoms with Crippen molar-refractivity contribution in [3.8, 4) is 11.1 Å². The summed E-state index contributed by atoms with van der Waals surface area (Å²) in [5.41, 5.74) is 6.96. The van der Waals surface area contributed by atoms with Crippen molar-refractivity contribution in [2.75, 3.05) is 0 Å². The summed E-state index contributed by atoms with van der Waals surface area (Å²) in [7, 11) is 0. The highest BCUT2D eigenvalue weighted by molar-refractivity contribution is 5.73. The molecule has 0 aromatic carbocycles. The first-order valence-corrected chi connectivity index (χ1v) is 6.59. The van der Waals surface area contributed by atoms with E-state index in [2.05, 4.69) is 58.0 Å². The Hall–Kier alpha value is -1.30. The predicted molar refractivity (Wildman–Crippen MR) is 78.0 cm³/mol. The molecule has 0 spiro atoms. The molecule has 0 aliphatic heterocycles. The largest absolute Gasteiger partial charge is 0.0683 e. The monoisotopic (exact) mass is 228 g/mol. The molecule has 0 amide bonds. The summed E-state index contributed by atoms with van der Waals surface area (Å²) in [6.45, 7) is 12.9. The lowest BCUT2D eigenvalue weighted by atomic mass is 10.0. The minimum Gasteiger partial charge on any atom is -0.0683 e. The molecule has 0 nitrogen and oxygen atoms in total. The Balaban J connectivity index is 0.000000686. The summed E-state index contributed by atoms with van der Waals surface area (Å²) < 4.78 is 0. The van der Waals surface area contributed by atoms with E-state index in [1.807, 2.05) is 13.8 Å². The number of rotatable bonds is 1. The van der Waals surface area contributed by atoms with Crippen LogP contribution in [-0.2, 0) is 0 Å². The van der Waals surface area contributed by atoms with E-state index in [0.29, 0.717) is 5.92 Å². The lowest BCUT2D eigenvalue weighted by Crippen LogP contribution is -1.83. The Bertz CT molecular complexity index is 452. The molecule has 0 aromatic rings. The van der Waals surface area contributed by atoms with E-state index in [0.717, 1.165) is 0 Å². The van der Waals surface area contributed by atoms with Gasteiger partial charge in [-0.25, -0.2) is 0 Å². The molecule has 0 heterocycles. The van der Waals surface area contributed by atoms with Gasteiger partial charge in [0.15, 0.2) is 0 Å². The quantitative estimate of drug-likeness (QED) is 0.599. The number of hydrogen-bond donors (Lipinski definition) is 0. The third-order valence-corrected chi connectivity index (χ3v) is 3.14. The van der Waals surface area contributed by atoms with Crippen LogP contribution in [0.3, 0.4) is 0 Å². The van der Waals surface area contributed by atoms with Crippen molar-refractivity contribution in [2.45, 2.75) is 47.5 Å². The topological polar surface area (TPSA) is 0 Å². The van der Waals surface area contributed by atoms with Gasteiger partial charge in [0, 0.05) is 0 Å². The van der Waals surface area contributed by atoms with Crippen molar-refractivity contribution in [3.05, 3.63) is 47.0 Å². The molecule has 17 heavy (non-hydrogen) atoms. The SMILES string of the molecule is CC.Cc1ccc(C(C)C)cc2c(C)ccc1-2. The van der Waals surface area contributed by atoms with Crippen molar-refractivity contribution in [1.29, 1.82) is 0 Å². The number of fused-ring (bicyclic) bond motifs is 1. The third-order valence-electron chi connectivity index (χ3n) is 3.14. The minimum absolute atomic E-state index is 0.592. The van der Waals surface area contributed by atoms with Gasteiger partial charge in [0.2, 0.25) is 0 Å². The molecule has 2 aliphatic rings. The minimum atomic E-state index is 0.592. The highest BCUT2D eigenvalue weighted by Crippen LogP contribution is 2.31. The Kier molecular flexibility index (Phi) is 4.74. The molecular weight excluding hydrogens is 204 g/mol. The molecule has 0 atom stereocenters. The van der Waals surface area contributed by atoms with Crippen molar-refractivity contribution < 1.29 is 0 Å². The van der Waals surface area contributed by atoms with Crippen LogP contribution >= 0.6 is 0 Å². The van der Waals surface area contributed by atoms with Crippen LogP contribution < -0.4 is 0 Å². The Morgan fingerprint density at radius 1 is 0.765 bits per heavy atom. The third kappa shape index (κ3) is 2.88. The lowest BCUT2D eigenvalue weighted by molar-refractivity contribution is 0.868. The van der Waals surface area contributed by atoms with E-state index in [4.69, 9.17) is 0 Å². The van der Waals surface area contributed by atoms with Gasteiger partial charge in [-0.05, 0) is 47.6 Å². The maximum Gasteiger partial charge on any atom is -0.0149 e. The average molecular weight is 228 g/mol. The van der Waals surface area contributed by atoms with E-state index in [-0.39, 0.29) is 0 Å². The molecule has 92 valence electrons.